The van der Waals surface area contributed by atoms with Crippen LogP contribution in [0.15, 0.2) is 42.5 Å². The standard InChI is InChI=1S/C17H18N2S/c1-11-7-12(2)9-13(8-11)14(18)10-17-19-15-5-3-4-6-16(15)20-17/h3-9,14H,10,18H2,1-2H3. The molecule has 0 spiro atoms. The van der Waals surface area contributed by atoms with E-state index in [4.69, 9.17) is 5.73 Å². The zero-order chi connectivity index (χ0) is 14.1. The number of rotatable bonds is 3. The van der Waals surface area contributed by atoms with Crippen LogP contribution in [0.1, 0.15) is 27.7 Å². The second-order valence-electron chi connectivity index (χ2n) is 5.31. The van der Waals surface area contributed by atoms with Crippen molar-refractivity contribution in [2.75, 3.05) is 0 Å². The van der Waals surface area contributed by atoms with E-state index >= 15 is 0 Å². The Hall–Kier alpha value is -1.71. The number of aryl methyl sites for hydroxylation is 2. The number of aromatic nitrogens is 1. The summed E-state index contributed by atoms with van der Waals surface area (Å²) in [5.74, 6) is 0. The van der Waals surface area contributed by atoms with E-state index in [1.54, 1.807) is 11.3 Å². The van der Waals surface area contributed by atoms with Crippen molar-refractivity contribution in [1.82, 2.24) is 4.98 Å². The van der Waals surface area contributed by atoms with Crippen molar-refractivity contribution in [2.45, 2.75) is 26.3 Å². The Morgan fingerprint density at radius 2 is 1.80 bits per heavy atom. The maximum atomic E-state index is 6.35. The van der Waals surface area contributed by atoms with Crippen LogP contribution in [0.3, 0.4) is 0 Å². The number of nitrogens with zero attached hydrogens (tertiary/aromatic N) is 1. The van der Waals surface area contributed by atoms with Crippen LogP contribution in [0.2, 0.25) is 0 Å². The summed E-state index contributed by atoms with van der Waals surface area (Å²) in [4.78, 5) is 4.66. The van der Waals surface area contributed by atoms with E-state index in [9.17, 15) is 0 Å². The third kappa shape index (κ3) is 2.74. The fourth-order valence-corrected chi connectivity index (χ4v) is 3.56. The number of hydrogen-bond acceptors (Lipinski definition) is 3. The monoisotopic (exact) mass is 282 g/mol. The van der Waals surface area contributed by atoms with E-state index < -0.39 is 0 Å². The molecular formula is C17H18N2S. The predicted octanol–water partition coefficient (Wildman–Crippen LogP) is 4.16. The smallest absolute Gasteiger partial charge is 0.0957 e. The van der Waals surface area contributed by atoms with Gasteiger partial charge in [0.1, 0.15) is 0 Å². The Morgan fingerprint density at radius 3 is 2.50 bits per heavy atom. The van der Waals surface area contributed by atoms with Crippen LogP contribution >= 0.6 is 11.3 Å². The van der Waals surface area contributed by atoms with Gasteiger partial charge in [-0.3, -0.25) is 0 Å². The van der Waals surface area contributed by atoms with Gasteiger partial charge in [0.15, 0.2) is 0 Å². The molecule has 0 aliphatic rings. The van der Waals surface area contributed by atoms with E-state index in [0.29, 0.717) is 0 Å². The van der Waals surface area contributed by atoms with Gasteiger partial charge in [-0.25, -0.2) is 4.98 Å². The van der Waals surface area contributed by atoms with Crippen molar-refractivity contribution in [3.8, 4) is 0 Å². The molecule has 1 heterocycles. The lowest BCUT2D eigenvalue weighted by Crippen LogP contribution is -2.13. The van der Waals surface area contributed by atoms with Crippen molar-refractivity contribution in [1.29, 1.82) is 0 Å². The Kier molecular flexibility index (Phi) is 3.55. The first-order valence-electron chi connectivity index (χ1n) is 6.80. The van der Waals surface area contributed by atoms with Crippen LogP contribution in [0.5, 0.6) is 0 Å². The van der Waals surface area contributed by atoms with E-state index in [1.807, 2.05) is 12.1 Å². The molecular weight excluding hydrogens is 264 g/mol. The average Bonchev–Trinajstić information content (AvgIpc) is 2.79. The highest BCUT2D eigenvalue weighted by atomic mass is 32.1. The molecule has 3 heteroatoms. The van der Waals surface area contributed by atoms with Crippen LogP contribution in [-0.2, 0) is 6.42 Å². The Morgan fingerprint density at radius 1 is 1.10 bits per heavy atom. The molecule has 0 saturated heterocycles. The summed E-state index contributed by atoms with van der Waals surface area (Å²) in [7, 11) is 0. The lowest BCUT2D eigenvalue weighted by atomic mass is 10.00. The van der Waals surface area contributed by atoms with Gasteiger partial charge in [-0.15, -0.1) is 11.3 Å². The van der Waals surface area contributed by atoms with Gasteiger partial charge in [-0.2, -0.15) is 0 Å². The topological polar surface area (TPSA) is 38.9 Å². The fraction of sp³-hybridized carbons (Fsp3) is 0.235. The Labute approximate surface area is 123 Å². The molecule has 0 amide bonds. The van der Waals surface area contributed by atoms with Gasteiger partial charge in [-0.05, 0) is 31.5 Å². The maximum absolute atomic E-state index is 6.35. The number of benzene rings is 2. The molecule has 0 bridgehead atoms. The maximum Gasteiger partial charge on any atom is 0.0957 e. The van der Waals surface area contributed by atoms with Crippen molar-refractivity contribution < 1.29 is 0 Å². The molecule has 0 radical (unpaired) electrons. The summed E-state index contributed by atoms with van der Waals surface area (Å²) in [6, 6.07) is 14.8. The molecule has 0 aliphatic carbocycles. The second kappa shape index (κ2) is 5.35. The molecule has 0 saturated carbocycles. The number of hydrogen-bond donors (Lipinski definition) is 1. The Bertz CT molecular complexity index is 692. The molecule has 2 aromatic carbocycles. The largest absolute Gasteiger partial charge is 0.324 e. The van der Waals surface area contributed by atoms with Gasteiger partial charge < -0.3 is 5.73 Å². The van der Waals surface area contributed by atoms with Crippen LogP contribution in [-0.4, -0.2) is 4.98 Å². The third-order valence-electron chi connectivity index (χ3n) is 3.40. The zero-order valence-electron chi connectivity index (χ0n) is 11.8. The summed E-state index contributed by atoms with van der Waals surface area (Å²) >= 11 is 1.74. The van der Waals surface area contributed by atoms with Crippen molar-refractivity contribution in [3.63, 3.8) is 0 Å². The van der Waals surface area contributed by atoms with Gasteiger partial charge in [0, 0.05) is 12.5 Å². The molecule has 2 N–H and O–H groups in total. The predicted molar refractivity (Wildman–Crippen MR) is 86.2 cm³/mol. The highest BCUT2D eigenvalue weighted by Crippen LogP contribution is 2.25. The molecule has 1 aromatic heterocycles. The molecule has 20 heavy (non-hydrogen) atoms. The van der Waals surface area contributed by atoms with Crippen LogP contribution in [0.25, 0.3) is 10.2 Å². The third-order valence-corrected chi connectivity index (χ3v) is 4.46. The minimum Gasteiger partial charge on any atom is -0.324 e. The number of fused-ring (bicyclic) bond motifs is 1. The Balaban J connectivity index is 1.86. The lowest BCUT2D eigenvalue weighted by molar-refractivity contribution is 0.717. The molecule has 3 aromatic rings. The minimum absolute atomic E-state index is 0.00848. The molecule has 0 aliphatic heterocycles. The van der Waals surface area contributed by atoms with E-state index in [-0.39, 0.29) is 6.04 Å². The SMILES string of the molecule is Cc1cc(C)cc(C(N)Cc2nc3ccccc3s2)c1. The highest BCUT2D eigenvalue weighted by molar-refractivity contribution is 7.18. The van der Waals surface area contributed by atoms with Crippen molar-refractivity contribution in [2.24, 2.45) is 5.73 Å². The molecule has 1 unspecified atom stereocenters. The van der Waals surface area contributed by atoms with E-state index in [0.717, 1.165) is 16.9 Å². The first kappa shape index (κ1) is 13.3. The summed E-state index contributed by atoms with van der Waals surface area (Å²) in [6.45, 7) is 4.22. The van der Waals surface area contributed by atoms with Crippen molar-refractivity contribution >= 4 is 21.6 Å². The second-order valence-corrected chi connectivity index (χ2v) is 6.42. The molecule has 0 fully saturated rings. The number of nitrogens with two attached hydrogens (primary N) is 1. The number of para-hydroxylation sites is 1. The number of thiazole rings is 1. The fourth-order valence-electron chi connectivity index (χ4n) is 2.54. The molecule has 1 atom stereocenters. The van der Waals surface area contributed by atoms with Crippen molar-refractivity contribution in [3.05, 3.63) is 64.2 Å². The van der Waals surface area contributed by atoms with E-state index in [2.05, 4.69) is 49.2 Å². The highest BCUT2D eigenvalue weighted by Gasteiger charge is 2.11. The van der Waals surface area contributed by atoms with E-state index in [1.165, 1.54) is 21.4 Å². The summed E-state index contributed by atoms with van der Waals surface area (Å²) in [5.41, 5.74) is 11.1. The van der Waals surface area contributed by atoms with Gasteiger partial charge >= 0.3 is 0 Å². The van der Waals surface area contributed by atoms with Gasteiger partial charge in [0.2, 0.25) is 0 Å². The lowest BCUT2D eigenvalue weighted by Gasteiger charge is -2.12. The van der Waals surface area contributed by atoms with Gasteiger partial charge in [-0.1, -0.05) is 41.5 Å². The summed E-state index contributed by atoms with van der Waals surface area (Å²) in [6.07, 6.45) is 0.794. The average molecular weight is 282 g/mol. The van der Waals surface area contributed by atoms with Crippen LogP contribution in [0, 0.1) is 13.8 Å². The summed E-state index contributed by atoms with van der Waals surface area (Å²) < 4.78 is 1.23. The zero-order valence-corrected chi connectivity index (χ0v) is 12.6. The molecule has 3 rings (SSSR count). The van der Waals surface area contributed by atoms with Crippen LogP contribution in [0.4, 0.5) is 0 Å². The normalized spacial score (nSPS) is 12.8. The van der Waals surface area contributed by atoms with Crippen LogP contribution < -0.4 is 5.73 Å². The summed E-state index contributed by atoms with van der Waals surface area (Å²) in [5, 5.41) is 1.11. The van der Waals surface area contributed by atoms with Gasteiger partial charge in [0.25, 0.3) is 0 Å². The first-order valence-corrected chi connectivity index (χ1v) is 7.62. The first-order chi connectivity index (χ1) is 9.61. The molecule has 2 nitrogen and oxygen atoms in total. The minimum atomic E-state index is 0.00848. The van der Waals surface area contributed by atoms with Gasteiger partial charge in [0.05, 0.1) is 15.2 Å². The molecule has 102 valence electrons. The quantitative estimate of drug-likeness (QED) is 0.783.